The van der Waals surface area contributed by atoms with Crippen LogP contribution in [0.4, 0.5) is 0 Å². The maximum atomic E-state index is 10.2. The van der Waals surface area contributed by atoms with Crippen molar-refractivity contribution in [1.82, 2.24) is 5.32 Å². The van der Waals surface area contributed by atoms with Gasteiger partial charge in [-0.3, -0.25) is 0 Å². The van der Waals surface area contributed by atoms with Crippen LogP contribution in [0.25, 0.3) is 0 Å². The van der Waals surface area contributed by atoms with Gasteiger partial charge in [0, 0.05) is 0 Å². The van der Waals surface area contributed by atoms with E-state index >= 15 is 0 Å². The van der Waals surface area contributed by atoms with Gasteiger partial charge < -0.3 is 0 Å². The van der Waals surface area contributed by atoms with E-state index in [0.29, 0.717) is 0 Å². The third-order valence-corrected chi connectivity index (χ3v) is 1.29. The Bertz CT molecular complexity index is 151. The van der Waals surface area contributed by atoms with Crippen molar-refractivity contribution in [3.8, 4) is 0 Å². The van der Waals surface area contributed by atoms with E-state index in [-0.39, 0.29) is 5.91 Å². The second kappa shape index (κ2) is 87.9. The van der Waals surface area contributed by atoms with Crippen molar-refractivity contribution in [1.29, 1.82) is 0 Å². The summed E-state index contributed by atoms with van der Waals surface area (Å²) in [6.07, 6.45) is 0. The number of carbonyl (C=O) groups is 1. The van der Waals surface area contributed by atoms with Crippen LogP contribution in [0.15, 0.2) is 0 Å². The zero-order chi connectivity index (χ0) is 17.7. The molecule has 0 aromatic rings. The second-order valence-corrected chi connectivity index (χ2v) is 2.12. The summed E-state index contributed by atoms with van der Waals surface area (Å²) >= 11 is 15.5. The Morgan fingerprint density at radius 3 is 1.00 bits per heavy atom. The van der Waals surface area contributed by atoms with Crippen molar-refractivity contribution in [2.24, 2.45) is 0 Å². The Kier molecular flexibility index (Phi) is 206. The Balaban J connectivity index is -0.0000000205. The summed E-state index contributed by atoms with van der Waals surface area (Å²) in [6, 6.07) is 0. The zero-order valence-electron chi connectivity index (χ0n) is 10.5. The number of amides is 1. The second-order valence-electron chi connectivity index (χ2n) is 0.658. The van der Waals surface area contributed by atoms with Gasteiger partial charge >= 0.3 is 193 Å². The summed E-state index contributed by atoms with van der Waals surface area (Å²) in [4.78, 5) is 10.2. The molecule has 0 radical (unpaired) electrons. The van der Waals surface area contributed by atoms with Gasteiger partial charge in [0.15, 0.2) is 0 Å². The average molecular weight is 1970 g/mol. The SMILES string of the molecule is CC.CC.O=C([C-]=[W])N[C-]=[W].[W]=[W].[W]=[W].[W]=[W].[W]=[W]. The molecule has 12 heteroatoms. The fourth-order valence-electron chi connectivity index (χ4n) is 0.0719. The number of nitrogens with one attached hydrogen (secondary N) is 1. The predicted molar refractivity (Wildman–Crippen MR) is 40.9 cm³/mol. The minimum absolute atomic E-state index is 0.176. The summed E-state index contributed by atoms with van der Waals surface area (Å²) < 4.78 is 5.00. The molecule has 1 amide bonds. The molecule has 0 aromatic carbocycles. The molecular formula is C7H13NOW10-2. The van der Waals surface area contributed by atoms with Crippen LogP contribution in [-0.4, -0.2) is 14.8 Å². The van der Waals surface area contributed by atoms with Crippen molar-refractivity contribution in [2.45, 2.75) is 27.7 Å². The first-order valence-electron chi connectivity index (χ1n) is 4.03. The fourth-order valence-corrected chi connectivity index (χ4v) is 0.588. The van der Waals surface area contributed by atoms with Crippen LogP contribution >= 0.6 is 0 Å². The summed E-state index contributed by atoms with van der Waals surface area (Å²) in [5.74, 6) is -0.176. The molecule has 0 heterocycles. The number of hydrogen-bond donors (Lipinski definition) is 1. The van der Waals surface area contributed by atoms with Gasteiger partial charge in [-0.05, 0) is 0 Å². The fraction of sp³-hybridized carbons (Fsp3) is 0.571. The monoisotopic (exact) mass is 1970 g/mol. The van der Waals surface area contributed by atoms with Crippen LogP contribution in [-0.2, 0) is 173 Å². The molecule has 2 nitrogen and oxygen atoms in total. The summed E-state index contributed by atoms with van der Waals surface area (Å²) in [5, 5.41) is 2.35. The summed E-state index contributed by atoms with van der Waals surface area (Å²) in [5.41, 5.74) is 0. The quantitative estimate of drug-likeness (QED) is 0.318. The van der Waals surface area contributed by atoms with Gasteiger partial charge in [0.05, 0.1) is 0 Å². The number of hydrogen-bond acceptors (Lipinski definition) is 1. The van der Waals surface area contributed by atoms with Gasteiger partial charge in [0.25, 0.3) is 0 Å². The van der Waals surface area contributed by atoms with Crippen LogP contribution in [0, 0.1) is 0 Å². The van der Waals surface area contributed by atoms with Crippen molar-refractivity contribution < 1.29 is 173 Å². The van der Waals surface area contributed by atoms with Crippen LogP contribution < -0.4 is 5.32 Å². The van der Waals surface area contributed by atoms with Crippen LogP contribution in [0.3, 0.4) is 0 Å². The van der Waals surface area contributed by atoms with E-state index in [0.717, 1.165) is 38.7 Å². The van der Waals surface area contributed by atoms with Gasteiger partial charge in [-0.1, -0.05) is 27.7 Å². The number of carbonyl (C=O) groups excluding carboxylic acids is 1. The third-order valence-electron chi connectivity index (χ3n) is 0.257. The molecule has 0 spiro atoms. The molecule has 0 aromatic heterocycles. The van der Waals surface area contributed by atoms with Gasteiger partial charge in [-0.15, -0.1) is 0 Å². The Hall–Kier alpha value is 6.09. The molecule has 0 saturated heterocycles. The molecule has 0 bridgehead atoms. The van der Waals surface area contributed by atoms with E-state index in [4.69, 9.17) is 0 Å². The van der Waals surface area contributed by atoms with Crippen molar-refractivity contribution >= 4 is 14.8 Å². The summed E-state index contributed by atoms with van der Waals surface area (Å²) in [7, 11) is 0. The molecule has 0 saturated carbocycles. The molecule has 0 fully saturated rings. The predicted octanol–water partition coefficient (Wildman–Crippen LogP) is 0.545. The molecule has 0 unspecified atom stereocenters. The normalized spacial score (nSPS) is 4.00. The molecule has 0 aliphatic heterocycles. The minimum atomic E-state index is -0.176. The molecule has 0 aliphatic rings. The molecule has 19 heavy (non-hydrogen) atoms. The van der Waals surface area contributed by atoms with Crippen molar-refractivity contribution in [3.05, 3.63) is 0 Å². The third kappa shape index (κ3) is 95.6. The topological polar surface area (TPSA) is 29.1 Å². The number of rotatable bonds is 2. The van der Waals surface area contributed by atoms with Crippen LogP contribution in [0.2, 0.25) is 0 Å². The molecular weight excluding hydrogens is 1950 g/mol. The van der Waals surface area contributed by atoms with E-state index in [1.165, 1.54) is 0 Å². The first kappa shape index (κ1) is 44.5. The van der Waals surface area contributed by atoms with Gasteiger partial charge in [0.1, 0.15) is 0 Å². The molecule has 0 atom stereocenters. The van der Waals surface area contributed by atoms with Gasteiger partial charge in [-0.25, -0.2) is 0 Å². The van der Waals surface area contributed by atoms with E-state index in [1.807, 2.05) is 27.7 Å². The van der Waals surface area contributed by atoms with Crippen molar-refractivity contribution in [3.63, 3.8) is 0 Å². The van der Waals surface area contributed by atoms with Crippen LogP contribution in [0.1, 0.15) is 27.7 Å². The van der Waals surface area contributed by atoms with E-state index in [9.17, 15) is 4.79 Å². The van der Waals surface area contributed by atoms with E-state index in [1.54, 1.807) is 130 Å². The Morgan fingerprint density at radius 1 is 0.737 bits per heavy atom. The summed E-state index contributed by atoms with van der Waals surface area (Å²) in [6.45, 7) is 8.00. The zero-order valence-corrected chi connectivity index (χ0v) is 39.8. The van der Waals surface area contributed by atoms with E-state index in [2.05, 4.69) is 14.2 Å². The molecule has 114 valence electrons. The van der Waals surface area contributed by atoms with E-state index < -0.39 is 0 Å². The molecule has 1 N–H and O–H groups in total. The van der Waals surface area contributed by atoms with Gasteiger partial charge in [-0.2, -0.15) is 0 Å². The standard InChI is InChI=1S/C3HNO.2C2H6.10W/c1-3(5)4-2;2*1-2;;;;;;;;;;/h(H,4,5);2*1-2H3;;;;;;;;;;/q-2;;;;;;;;;;;;. The van der Waals surface area contributed by atoms with Crippen molar-refractivity contribution in [2.75, 3.05) is 0 Å². The first-order chi connectivity index (χ1) is 9.31. The molecule has 0 aliphatic carbocycles. The van der Waals surface area contributed by atoms with Gasteiger partial charge in [0.2, 0.25) is 0 Å². The maximum absolute atomic E-state index is 10.2. The molecule has 0 rings (SSSR count). The first-order valence-corrected chi connectivity index (χ1v) is 51.0. The Labute approximate surface area is 215 Å². The average Bonchev–Trinajstić information content (AvgIpc) is 2.59. The Morgan fingerprint density at radius 2 is 0.947 bits per heavy atom. The van der Waals surface area contributed by atoms with Crippen LogP contribution in [0.5, 0.6) is 0 Å².